The zero-order chi connectivity index (χ0) is 7.84. The molecule has 0 aliphatic heterocycles. The van der Waals surface area contributed by atoms with Gasteiger partial charge >= 0.3 is 0 Å². The van der Waals surface area contributed by atoms with Crippen molar-refractivity contribution < 1.29 is 9.52 Å². The van der Waals surface area contributed by atoms with Gasteiger partial charge in [-0.2, -0.15) is 0 Å². The van der Waals surface area contributed by atoms with Crippen molar-refractivity contribution >= 4 is 0 Å². The molecule has 0 aromatic carbocycles. The lowest BCUT2D eigenvalue weighted by Gasteiger charge is -1.87. The van der Waals surface area contributed by atoms with Crippen molar-refractivity contribution in [2.75, 3.05) is 0 Å². The molecule has 0 saturated heterocycles. The molecule has 1 aliphatic rings. The topological polar surface area (TPSA) is 46.3 Å². The van der Waals surface area contributed by atoms with Crippen LogP contribution in [0.4, 0.5) is 0 Å². The third-order valence-electron chi connectivity index (χ3n) is 2.15. The fourth-order valence-corrected chi connectivity index (χ4v) is 1.23. The Balaban J connectivity index is 2.13. The molecule has 1 aliphatic carbocycles. The Morgan fingerprint density at radius 3 is 3.00 bits per heavy atom. The van der Waals surface area contributed by atoms with E-state index in [0.717, 1.165) is 5.89 Å². The summed E-state index contributed by atoms with van der Waals surface area (Å²) in [4.78, 5) is 4.07. The molecule has 3 nitrogen and oxygen atoms in total. The SMILES string of the molecule is C[C@H]1C[C@@H]1c1ncc(CO)o1. The third-order valence-corrected chi connectivity index (χ3v) is 2.15. The van der Waals surface area contributed by atoms with Gasteiger partial charge in [-0.1, -0.05) is 6.92 Å². The van der Waals surface area contributed by atoms with E-state index in [1.807, 2.05) is 0 Å². The third kappa shape index (κ3) is 1.16. The molecule has 0 unspecified atom stereocenters. The first kappa shape index (κ1) is 6.85. The number of oxazole rings is 1. The highest BCUT2D eigenvalue weighted by Gasteiger charge is 2.37. The molecule has 1 aromatic rings. The van der Waals surface area contributed by atoms with E-state index >= 15 is 0 Å². The van der Waals surface area contributed by atoms with Gasteiger partial charge in [0.1, 0.15) is 12.4 Å². The van der Waals surface area contributed by atoms with Crippen LogP contribution in [0.25, 0.3) is 0 Å². The van der Waals surface area contributed by atoms with E-state index in [0.29, 0.717) is 17.6 Å². The standard InChI is InChI=1S/C8H11NO2/c1-5-2-7(5)8-9-3-6(4-10)11-8/h3,5,7,10H,2,4H2,1H3/t5-,7-/m0/s1. The van der Waals surface area contributed by atoms with Crippen molar-refractivity contribution in [2.45, 2.75) is 25.9 Å². The number of nitrogens with zero attached hydrogens (tertiary/aromatic N) is 1. The van der Waals surface area contributed by atoms with Crippen molar-refractivity contribution in [1.29, 1.82) is 0 Å². The number of hydrogen-bond acceptors (Lipinski definition) is 3. The molecular weight excluding hydrogens is 142 g/mol. The van der Waals surface area contributed by atoms with Crippen LogP contribution in [0.3, 0.4) is 0 Å². The summed E-state index contributed by atoms with van der Waals surface area (Å²) >= 11 is 0. The van der Waals surface area contributed by atoms with Crippen LogP contribution in [0.5, 0.6) is 0 Å². The van der Waals surface area contributed by atoms with Gasteiger partial charge < -0.3 is 9.52 Å². The molecule has 60 valence electrons. The van der Waals surface area contributed by atoms with Gasteiger partial charge in [0.2, 0.25) is 0 Å². The molecule has 1 saturated carbocycles. The maximum absolute atomic E-state index is 8.69. The zero-order valence-electron chi connectivity index (χ0n) is 6.45. The highest BCUT2D eigenvalue weighted by molar-refractivity contribution is 5.07. The molecule has 0 radical (unpaired) electrons. The largest absolute Gasteiger partial charge is 0.443 e. The molecule has 1 aromatic heterocycles. The van der Waals surface area contributed by atoms with Gasteiger partial charge in [-0.3, -0.25) is 0 Å². The first-order chi connectivity index (χ1) is 5.31. The average Bonchev–Trinajstić information content (AvgIpc) is 2.59. The first-order valence-electron chi connectivity index (χ1n) is 3.86. The number of aliphatic hydroxyl groups excluding tert-OH is 1. The molecule has 11 heavy (non-hydrogen) atoms. The fraction of sp³-hybridized carbons (Fsp3) is 0.625. The van der Waals surface area contributed by atoms with Gasteiger partial charge in [-0.25, -0.2) is 4.98 Å². The summed E-state index contributed by atoms with van der Waals surface area (Å²) in [5.41, 5.74) is 0. The Hall–Kier alpha value is -0.830. The molecular formula is C8H11NO2. The van der Waals surface area contributed by atoms with Crippen LogP contribution in [0.2, 0.25) is 0 Å². The molecule has 1 fully saturated rings. The lowest BCUT2D eigenvalue weighted by atomic mass is 10.3. The van der Waals surface area contributed by atoms with Crippen molar-refractivity contribution in [3.63, 3.8) is 0 Å². The van der Waals surface area contributed by atoms with E-state index in [4.69, 9.17) is 9.52 Å². The Kier molecular flexibility index (Phi) is 1.46. The summed E-state index contributed by atoms with van der Waals surface area (Å²) in [6, 6.07) is 0. The molecule has 0 amide bonds. The van der Waals surface area contributed by atoms with E-state index in [1.165, 1.54) is 6.42 Å². The molecule has 0 spiro atoms. The monoisotopic (exact) mass is 153 g/mol. The molecule has 0 bridgehead atoms. The van der Waals surface area contributed by atoms with Gasteiger partial charge in [0.05, 0.1) is 6.20 Å². The number of aromatic nitrogens is 1. The molecule has 1 heterocycles. The van der Waals surface area contributed by atoms with Crippen LogP contribution in [0.15, 0.2) is 10.6 Å². The molecule has 2 atom stereocenters. The lowest BCUT2D eigenvalue weighted by molar-refractivity contribution is 0.243. The van der Waals surface area contributed by atoms with Crippen molar-refractivity contribution in [3.05, 3.63) is 17.8 Å². The molecule has 3 heteroatoms. The average molecular weight is 153 g/mol. The molecule has 1 N–H and O–H groups in total. The zero-order valence-corrected chi connectivity index (χ0v) is 6.45. The second-order valence-electron chi connectivity index (χ2n) is 3.14. The maximum atomic E-state index is 8.69. The van der Waals surface area contributed by atoms with E-state index < -0.39 is 0 Å². The van der Waals surface area contributed by atoms with Gasteiger partial charge in [-0.05, 0) is 12.3 Å². The Morgan fingerprint density at radius 1 is 1.82 bits per heavy atom. The first-order valence-corrected chi connectivity index (χ1v) is 3.86. The minimum absolute atomic E-state index is 0.0475. The van der Waals surface area contributed by atoms with Crippen molar-refractivity contribution in [2.24, 2.45) is 5.92 Å². The number of hydrogen-bond donors (Lipinski definition) is 1. The summed E-state index contributed by atoms with van der Waals surface area (Å²) in [5.74, 6) is 2.58. The minimum atomic E-state index is -0.0475. The van der Waals surface area contributed by atoms with Crippen LogP contribution in [0.1, 0.15) is 30.9 Å². The van der Waals surface area contributed by atoms with Crippen molar-refractivity contribution in [1.82, 2.24) is 4.98 Å². The summed E-state index contributed by atoms with van der Waals surface area (Å²) in [6.07, 6.45) is 2.77. The van der Waals surface area contributed by atoms with Gasteiger partial charge in [0, 0.05) is 5.92 Å². The summed E-state index contributed by atoms with van der Waals surface area (Å²) < 4.78 is 5.27. The smallest absolute Gasteiger partial charge is 0.197 e. The highest BCUT2D eigenvalue weighted by Crippen LogP contribution is 2.46. The van der Waals surface area contributed by atoms with E-state index in [-0.39, 0.29) is 6.61 Å². The van der Waals surface area contributed by atoms with Gasteiger partial charge in [0.15, 0.2) is 5.89 Å². The van der Waals surface area contributed by atoms with Gasteiger partial charge in [0.25, 0.3) is 0 Å². The molecule has 2 rings (SSSR count). The summed E-state index contributed by atoms with van der Waals surface area (Å²) in [6.45, 7) is 2.13. The Bertz CT molecular complexity index is 256. The highest BCUT2D eigenvalue weighted by atomic mass is 16.4. The maximum Gasteiger partial charge on any atom is 0.197 e. The van der Waals surface area contributed by atoms with Crippen LogP contribution >= 0.6 is 0 Å². The fourth-order valence-electron chi connectivity index (χ4n) is 1.23. The Morgan fingerprint density at radius 2 is 2.55 bits per heavy atom. The second-order valence-corrected chi connectivity index (χ2v) is 3.14. The lowest BCUT2D eigenvalue weighted by Crippen LogP contribution is -1.78. The van der Waals surface area contributed by atoms with E-state index in [1.54, 1.807) is 6.20 Å². The van der Waals surface area contributed by atoms with Crippen LogP contribution in [-0.4, -0.2) is 10.1 Å². The van der Waals surface area contributed by atoms with Crippen LogP contribution in [0, 0.1) is 5.92 Å². The van der Waals surface area contributed by atoms with Crippen LogP contribution < -0.4 is 0 Å². The number of aliphatic hydroxyl groups is 1. The predicted octanol–water partition coefficient (Wildman–Crippen LogP) is 1.29. The number of rotatable bonds is 2. The normalized spacial score (nSPS) is 28.9. The van der Waals surface area contributed by atoms with Crippen LogP contribution in [-0.2, 0) is 6.61 Å². The predicted molar refractivity (Wildman–Crippen MR) is 38.9 cm³/mol. The summed E-state index contributed by atoms with van der Waals surface area (Å²) in [7, 11) is 0. The van der Waals surface area contributed by atoms with Gasteiger partial charge in [-0.15, -0.1) is 0 Å². The Labute approximate surface area is 65.1 Å². The quantitative estimate of drug-likeness (QED) is 0.696. The van der Waals surface area contributed by atoms with E-state index in [9.17, 15) is 0 Å². The minimum Gasteiger partial charge on any atom is -0.443 e. The summed E-state index contributed by atoms with van der Waals surface area (Å²) in [5, 5.41) is 8.69. The second kappa shape index (κ2) is 2.34. The van der Waals surface area contributed by atoms with Crippen molar-refractivity contribution in [3.8, 4) is 0 Å². The van der Waals surface area contributed by atoms with E-state index in [2.05, 4.69) is 11.9 Å².